The van der Waals surface area contributed by atoms with Crippen LogP contribution in [0.4, 0.5) is 0 Å². The molecule has 1 atom stereocenters. The molecule has 1 saturated heterocycles. The molecule has 0 aliphatic carbocycles. The van der Waals surface area contributed by atoms with Gasteiger partial charge in [0.05, 0.1) is 25.9 Å². The summed E-state index contributed by atoms with van der Waals surface area (Å²) in [6.45, 7) is 10.8. The molecule has 1 rings (SSSR count). The van der Waals surface area contributed by atoms with Crippen LogP contribution < -0.4 is 0 Å². The zero-order valence-corrected chi connectivity index (χ0v) is 8.80. The Morgan fingerprint density at radius 2 is 1.92 bits per heavy atom. The molecule has 0 N–H and O–H groups in total. The summed E-state index contributed by atoms with van der Waals surface area (Å²) in [6.07, 6.45) is 1.48. The normalized spacial score (nSPS) is 23.2. The Morgan fingerprint density at radius 3 is 2.33 bits per heavy atom. The van der Waals surface area contributed by atoms with Gasteiger partial charge in [-0.1, -0.05) is 27.7 Å². The second-order valence-corrected chi connectivity index (χ2v) is 3.20. The third-order valence-electron chi connectivity index (χ3n) is 1.62. The minimum Gasteiger partial charge on any atom is -0.376 e. The minimum absolute atomic E-state index is 0.355. The lowest BCUT2D eigenvalue weighted by Crippen LogP contribution is -2.29. The molecule has 12 heavy (non-hydrogen) atoms. The second-order valence-electron chi connectivity index (χ2n) is 3.20. The lowest BCUT2D eigenvalue weighted by molar-refractivity contribution is -0.0943. The molecule has 2 nitrogen and oxygen atoms in total. The Hall–Kier alpha value is -0.0800. The number of rotatable bonds is 2. The summed E-state index contributed by atoms with van der Waals surface area (Å²) in [6, 6.07) is 0. The molecule has 0 radical (unpaired) electrons. The first-order valence-electron chi connectivity index (χ1n) is 4.98. The molecular weight excluding hydrogens is 152 g/mol. The van der Waals surface area contributed by atoms with E-state index < -0.39 is 0 Å². The van der Waals surface area contributed by atoms with Gasteiger partial charge in [0.1, 0.15) is 0 Å². The maximum Gasteiger partial charge on any atom is 0.0812 e. The number of hydrogen-bond donors (Lipinski definition) is 0. The summed E-state index contributed by atoms with van der Waals surface area (Å²) in [5, 5.41) is 0. The Morgan fingerprint density at radius 1 is 1.25 bits per heavy atom. The molecule has 1 aliphatic heterocycles. The Labute approximate surface area is 76.3 Å². The Bertz CT molecular complexity index is 85.8. The Kier molecular flexibility index (Phi) is 7.51. The van der Waals surface area contributed by atoms with Crippen LogP contribution in [0.25, 0.3) is 0 Å². The molecule has 0 saturated carbocycles. The van der Waals surface area contributed by atoms with Crippen LogP contribution in [0.15, 0.2) is 0 Å². The van der Waals surface area contributed by atoms with E-state index in [0.717, 1.165) is 26.2 Å². The number of hydrogen-bond acceptors (Lipinski definition) is 2. The predicted octanol–water partition coefficient (Wildman–Crippen LogP) is 2.47. The molecule has 2 heteroatoms. The first-order valence-corrected chi connectivity index (χ1v) is 4.98. The van der Waals surface area contributed by atoms with Crippen molar-refractivity contribution in [2.45, 2.75) is 40.2 Å². The lowest BCUT2D eigenvalue weighted by Gasteiger charge is -2.24. The van der Waals surface area contributed by atoms with E-state index in [1.54, 1.807) is 0 Å². The fourth-order valence-electron chi connectivity index (χ4n) is 1.20. The summed E-state index contributed by atoms with van der Waals surface area (Å²) in [7, 11) is 0. The molecule has 0 spiro atoms. The van der Waals surface area contributed by atoms with Crippen LogP contribution in [0.1, 0.15) is 34.1 Å². The zero-order chi connectivity index (χ0) is 9.40. The fourth-order valence-corrected chi connectivity index (χ4v) is 1.20. The van der Waals surface area contributed by atoms with Crippen molar-refractivity contribution in [3.05, 3.63) is 0 Å². The van der Waals surface area contributed by atoms with Crippen molar-refractivity contribution < 1.29 is 9.47 Å². The topological polar surface area (TPSA) is 18.5 Å². The van der Waals surface area contributed by atoms with Gasteiger partial charge in [-0.05, 0) is 12.3 Å². The van der Waals surface area contributed by atoms with E-state index in [9.17, 15) is 0 Å². The summed E-state index contributed by atoms with van der Waals surface area (Å²) < 4.78 is 10.7. The van der Waals surface area contributed by atoms with Crippen LogP contribution >= 0.6 is 0 Å². The quantitative estimate of drug-likeness (QED) is 0.640. The SMILES string of the molecule is CC.CC(C)CC1COCCO1. The highest BCUT2D eigenvalue weighted by Crippen LogP contribution is 2.11. The monoisotopic (exact) mass is 174 g/mol. The van der Waals surface area contributed by atoms with E-state index >= 15 is 0 Å². The fraction of sp³-hybridized carbons (Fsp3) is 1.00. The van der Waals surface area contributed by atoms with Gasteiger partial charge in [-0.2, -0.15) is 0 Å². The maximum absolute atomic E-state index is 5.46. The third-order valence-corrected chi connectivity index (χ3v) is 1.62. The van der Waals surface area contributed by atoms with Gasteiger partial charge in [-0.3, -0.25) is 0 Å². The molecule has 0 aromatic heterocycles. The highest BCUT2D eigenvalue weighted by molar-refractivity contribution is 4.62. The smallest absolute Gasteiger partial charge is 0.0812 e. The first-order chi connectivity index (χ1) is 5.79. The average molecular weight is 174 g/mol. The molecule has 1 fully saturated rings. The summed E-state index contributed by atoms with van der Waals surface area (Å²) in [5.74, 6) is 0.715. The molecule has 0 aromatic carbocycles. The van der Waals surface area contributed by atoms with E-state index in [4.69, 9.17) is 9.47 Å². The van der Waals surface area contributed by atoms with Crippen molar-refractivity contribution in [3.63, 3.8) is 0 Å². The lowest BCUT2D eigenvalue weighted by atomic mass is 10.1. The highest BCUT2D eigenvalue weighted by atomic mass is 16.6. The van der Waals surface area contributed by atoms with Crippen LogP contribution in [0.5, 0.6) is 0 Å². The molecule has 1 unspecified atom stereocenters. The van der Waals surface area contributed by atoms with Gasteiger partial charge < -0.3 is 9.47 Å². The predicted molar refractivity (Wildman–Crippen MR) is 51.4 cm³/mol. The largest absolute Gasteiger partial charge is 0.376 e. The van der Waals surface area contributed by atoms with Crippen molar-refractivity contribution in [1.82, 2.24) is 0 Å². The summed E-state index contributed by atoms with van der Waals surface area (Å²) >= 11 is 0. The summed E-state index contributed by atoms with van der Waals surface area (Å²) in [5.41, 5.74) is 0. The van der Waals surface area contributed by atoms with Gasteiger partial charge in [0.2, 0.25) is 0 Å². The van der Waals surface area contributed by atoms with Crippen LogP contribution in [-0.4, -0.2) is 25.9 Å². The standard InChI is InChI=1S/C8H16O2.C2H6/c1-7(2)5-8-6-9-3-4-10-8;1-2/h7-8H,3-6H2,1-2H3;1-2H3. The maximum atomic E-state index is 5.46. The van der Waals surface area contributed by atoms with E-state index in [2.05, 4.69) is 13.8 Å². The van der Waals surface area contributed by atoms with Gasteiger partial charge in [0, 0.05) is 0 Å². The average Bonchev–Trinajstić information content (AvgIpc) is 2.08. The minimum atomic E-state index is 0.355. The van der Waals surface area contributed by atoms with E-state index in [1.807, 2.05) is 13.8 Å². The van der Waals surface area contributed by atoms with Crippen molar-refractivity contribution in [3.8, 4) is 0 Å². The van der Waals surface area contributed by atoms with Gasteiger partial charge >= 0.3 is 0 Å². The van der Waals surface area contributed by atoms with E-state index in [1.165, 1.54) is 0 Å². The van der Waals surface area contributed by atoms with Crippen LogP contribution in [0, 0.1) is 5.92 Å². The van der Waals surface area contributed by atoms with Crippen molar-refractivity contribution >= 4 is 0 Å². The molecule has 0 bridgehead atoms. The molecule has 0 aromatic rings. The molecule has 1 aliphatic rings. The van der Waals surface area contributed by atoms with Gasteiger partial charge in [-0.15, -0.1) is 0 Å². The molecular formula is C10H22O2. The van der Waals surface area contributed by atoms with Gasteiger partial charge in [0.15, 0.2) is 0 Å². The van der Waals surface area contributed by atoms with E-state index in [0.29, 0.717) is 12.0 Å². The third kappa shape index (κ3) is 5.56. The summed E-state index contributed by atoms with van der Waals surface area (Å²) in [4.78, 5) is 0. The van der Waals surface area contributed by atoms with Crippen LogP contribution in [-0.2, 0) is 9.47 Å². The van der Waals surface area contributed by atoms with Crippen molar-refractivity contribution in [2.75, 3.05) is 19.8 Å². The van der Waals surface area contributed by atoms with Crippen LogP contribution in [0.2, 0.25) is 0 Å². The Balaban J connectivity index is 0.000000561. The van der Waals surface area contributed by atoms with Crippen LogP contribution in [0.3, 0.4) is 0 Å². The second kappa shape index (κ2) is 7.56. The van der Waals surface area contributed by atoms with Gasteiger partial charge in [-0.25, -0.2) is 0 Å². The van der Waals surface area contributed by atoms with E-state index in [-0.39, 0.29) is 0 Å². The van der Waals surface area contributed by atoms with Crippen molar-refractivity contribution in [1.29, 1.82) is 0 Å². The van der Waals surface area contributed by atoms with Gasteiger partial charge in [0.25, 0.3) is 0 Å². The molecule has 1 heterocycles. The number of ether oxygens (including phenoxy) is 2. The molecule has 0 amide bonds. The molecule has 74 valence electrons. The first kappa shape index (κ1) is 11.9. The highest BCUT2D eigenvalue weighted by Gasteiger charge is 2.14. The zero-order valence-electron chi connectivity index (χ0n) is 8.80. The van der Waals surface area contributed by atoms with Crippen molar-refractivity contribution in [2.24, 2.45) is 5.92 Å².